The number of hydrogen-bond acceptors (Lipinski definition) is 2. The molecule has 0 rings (SSSR count). The number of allylic oxidation sites excluding steroid dienone is 4. The summed E-state index contributed by atoms with van der Waals surface area (Å²) in [4.78, 5) is 17.1. The Labute approximate surface area is 122 Å². The molecule has 0 aliphatic carbocycles. The summed E-state index contributed by atoms with van der Waals surface area (Å²) in [5, 5.41) is 0. The van der Waals surface area contributed by atoms with Crippen LogP contribution < -0.4 is 0 Å². The fourth-order valence-corrected chi connectivity index (χ4v) is 1.77. The lowest BCUT2D eigenvalue weighted by Gasteiger charge is -2.01. The van der Waals surface area contributed by atoms with E-state index < -0.39 is 13.9 Å². The maximum absolute atomic E-state index is 10.5. The summed E-state index contributed by atoms with van der Waals surface area (Å²) in [7, 11) is -4.06. The molecular formula is C15H25O4P. The van der Waals surface area contributed by atoms with E-state index >= 15 is 0 Å². The number of hydrogen-bond donors (Lipinski definition) is 2. The Bertz CT molecular complexity index is 431. The first kappa shape index (κ1) is 19.1. The summed E-state index contributed by atoms with van der Waals surface area (Å²) in [5.41, 5.74) is 2.71. The molecule has 0 amide bonds. The lowest BCUT2D eigenvalue weighted by atomic mass is 10.1. The molecule has 0 spiro atoms. The lowest BCUT2D eigenvalue weighted by molar-refractivity contribution is 0.189. The largest absolute Gasteiger partial charge is 0.356 e. The fourth-order valence-electron chi connectivity index (χ4n) is 1.44. The standard InChI is InChI=1S/C15H25O4P/c1-14(2)9-8-11-15(3)10-6-4-5-7-12-19-13-20(16,17)18/h9-10H,4,6,8,11-13H2,1-3H3,(H2,16,17,18). The van der Waals surface area contributed by atoms with Gasteiger partial charge >= 0.3 is 7.60 Å². The average Bonchev–Trinajstić information content (AvgIpc) is 2.30. The summed E-state index contributed by atoms with van der Waals surface area (Å²) in [6.45, 7) is 6.39. The van der Waals surface area contributed by atoms with Crippen LogP contribution in [0, 0.1) is 11.8 Å². The second-order valence-electron chi connectivity index (χ2n) is 4.91. The van der Waals surface area contributed by atoms with Crippen LogP contribution in [0.3, 0.4) is 0 Å². The monoisotopic (exact) mass is 300 g/mol. The molecule has 0 radical (unpaired) electrons. The minimum absolute atomic E-state index is 0.0639. The third-order valence-corrected chi connectivity index (χ3v) is 2.93. The first-order valence-corrected chi connectivity index (χ1v) is 8.48. The Hall–Kier alpha value is -0.850. The van der Waals surface area contributed by atoms with Gasteiger partial charge in [-0.1, -0.05) is 29.2 Å². The van der Waals surface area contributed by atoms with Crippen LogP contribution in [0.4, 0.5) is 0 Å². The minimum atomic E-state index is -4.06. The van der Waals surface area contributed by atoms with Gasteiger partial charge in [-0.25, -0.2) is 0 Å². The molecule has 0 saturated heterocycles. The van der Waals surface area contributed by atoms with Crippen LogP contribution in [0.1, 0.15) is 46.5 Å². The highest BCUT2D eigenvalue weighted by Gasteiger charge is 2.11. The van der Waals surface area contributed by atoms with Crippen LogP contribution >= 0.6 is 7.60 Å². The van der Waals surface area contributed by atoms with E-state index in [1.54, 1.807) is 0 Å². The normalized spacial score (nSPS) is 11.8. The van der Waals surface area contributed by atoms with Gasteiger partial charge in [-0.2, -0.15) is 0 Å². The Kier molecular flexibility index (Phi) is 10.4. The van der Waals surface area contributed by atoms with Gasteiger partial charge in [0.2, 0.25) is 0 Å². The molecule has 0 aromatic carbocycles. The SMILES string of the molecule is CC(C)=CCCC(C)=CCCC#CCOCP(=O)(O)O. The molecule has 0 unspecified atom stereocenters. The van der Waals surface area contributed by atoms with Crippen molar-refractivity contribution in [3.63, 3.8) is 0 Å². The molecular weight excluding hydrogens is 275 g/mol. The molecule has 0 aliphatic heterocycles. The first-order valence-electron chi connectivity index (χ1n) is 6.68. The smallest absolute Gasteiger partial charge is 0.351 e. The predicted octanol–water partition coefficient (Wildman–Crippen LogP) is 3.61. The van der Waals surface area contributed by atoms with Crippen LogP contribution in [0.25, 0.3) is 0 Å². The number of ether oxygens (including phenoxy) is 1. The molecule has 0 atom stereocenters. The van der Waals surface area contributed by atoms with Gasteiger partial charge in [0.05, 0.1) is 0 Å². The molecule has 0 saturated carbocycles. The molecule has 114 valence electrons. The zero-order valence-electron chi connectivity index (χ0n) is 12.6. The van der Waals surface area contributed by atoms with Crippen LogP contribution in [0.15, 0.2) is 23.3 Å². The van der Waals surface area contributed by atoms with Crippen molar-refractivity contribution < 1.29 is 19.1 Å². The second-order valence-corrected chi connectivity index (χ2v) is 6.49. The third kappa shape index (κ3) is 15.2. The maximum Gasteiger partial charge on any atom is 0.351 e. The van der Waals surface area contributed by atoms with Crippen molar-refractivity contribution in [2.24, 2.45) is 0 Å². The molecule has 2 N–H and O–H groups in total. The zero-order chi connectivity index (χ0) is 15.4. The number of unbranched alkanes of at least 4 members (excludes halogenated alkanes) is 1. The third-order valence-electron chi connectivity index (χ3n) is 2.41. The van der Waals surface area contributed by atoms with E-state index in [0.717, 1.165) is 25.7 Å². The van der Waals surface area contributed by atoms with E-state index in [0.29, 0.717) is 0 Å². The van der Waals surface area contributed by atoms with E-state index in [1.165, 1.54) is 11.1 Å². The first-order chi connectivity index (χ1) is 9.31. The van der Waals surface area contributed by atoms with Gasteiger partial charge in [0, 0.05) is 6.42 Å². The highest BCUT2D eigenvalue weighted by molar-refractivity contribution is 7.51. The van der Waals surface area contributed by atoms with E-state index in [4.69, 9.17) is 14.5 Å². The molecule has 0 bridgehead atoms. The second kappa shape index (κ2) is 10.9. The maximum atomic E-state index is 10.5. The van der Waals surface area contributed by atoms with Crippen LogP contribution in [0.2, 0.25) is 0 Å². The molecule has 0 aromatic heterocycles. The molecule has 20 heavy (non-hydrogen) atoms. The summed E-state index contributed by atoms with van der Waals surface area (Å²) >= 11 is 0. The highest BCUT2D eigenvalue weighted by atomic mass is 31.2. The zero-order valence-corrected chi connectivity index (χ0v) is 13.4. The van der Waals surface area contributed by atoms with Crippen molar-refractivity contribution in [3.8, 4) is 11.8 Å². The van der Waals surface area contributed by atoms with Gasteiger partial charge < -0.3 is 14.5 Å². The topological polar surface area (TPSA) is 66.8 Å². The molecule has 0 aliphatic rings. The summed E-state index contributed by atoms with van der Waals surface area (Å²) in [6, 6.07) is 0. The summed E-state index contributed by atoms with van der Waals surface area (Å²) < 4.78 is 15.2. The van der Waals surface area contributed by atoms with Crippen molar-refractivity contribution in [2.75, 3.05) is 13.0 Å². The molecule has 0 aromatic rings. The Morgan fingerprint density at radius 1 is 1.15 bits per heavy atom. The van der Waals surface area contributed by atoms with Crippen LogP contribution in [0.5, 0.6) is 0 Å². The van der Waals surface area contributed by atoms with E-state index in [-0.39, 0.29) is 6.61 Å². The van der Waals surface area contributed by atoms with Gasteiger partial charge in [-0.15, -0.1) is 5.92 Å². The lowest BCUT2D eigenvalue weighted by Crippen LogP contribution is -1.95. The predicted molar refractivity (Wildman–Crippen MR) is 82.3 cm³/mol. The van der Waals surface area contributed by atoms with Crippen molar-refractivity contribution in [1.82, 2.24) is 0 Å². The van der Waals surface area contributed by atoms with E-state index in [2.05, 4.69) is 44.8 Å². The van der Waals surface area contributed by atoms with Gasteiger partial charge in [-0.05, 0) is 40.0 Å². The van der Waals surface area contributed by atoms with Crippen molar-refractivity contribution >= 4 is 7.60 Å². The molecule has 0 heterocycles. The minimum Gasteiger partial charge on any atom is -0.356 e. The average molecular weight is 300 g/mol. The highest BCUT2D eigenvalue weighted by Crippen LogP contribution is 2.33. The number of rotatable bonds is 8. The van der Waals surface area contributed by atoms with Crippen molar-refractivity contribution in [1.29, 1.82) is 0 Å². The van der Waals surface area contributed by atoms with E-state index in [1.807, 2.05) is 0 Å². The Balaban J connectivity index is 3.69. The summed E-state index contributed by atoms with van der Waals surface area (Å²) in [5.74, 6) is 5.65. The van der Waals surface area contributed by atoms with Crippen molar-refractivity contribution in [2.45, 2.75) is 46.5 Å². The Morgan fingerprint density at radius 3 is 2.45 bits per heavy atom. The Morgan fingerprint density at radius 2 is 1.85 bits per heavy atom. The van der Waals surface area contributed by atoms with Crippen LogP contribution in [-0.2, 0) is 9.30 Å². The van der Waals surface area contributed by atoms with Gasteiger partial charge in [-0.3, -0.25) is 4.57 Å². The van der Waals surface area contributed by atoms with Crippen LogP contribution in [-0.4, -0.2) is 22.7 Å². The molecule has 4 nitrogen and oxygen atoms in total. The van der Waals surface area contributed by atoms with Gasteiger partial charge in [0.1, 0.15) is 13.0 Å². The quantitative estimate of drug-likeness (QED) is 0.311. The summed E-state index contributed by atoms with van der Waals surface area (Å²) in [6.07, 6.45) is 7.63. The molecule has 5 heteroatoms. The van der Waals surface area contributed by atoms with Gasteiger partial charge in [0.15, 0.2) is 0 Å². The van der Waals surface area contributed by atoms with Crippen molar-refractivity contribution in [3.05, 3.63) is 23.3 Å². The van der Waals surface area contributed by atoms with Gasteiger partial charge in [0.25, 0.3) is 0 Å². The molecule has 0 fully saturated rings. The fraction of sp³-hybridized carbons (Fsp3) is 0.600. The van der Waals surface area contributed by atoms with E-state index in [9.17, 15) is 4.57 Å².